The van der Waals surface area contributed by atoms with E-state index in [0.717, 1.165) is 0 Å². The van der Waals surface area contributed by atoms with Crippen molar-refractivity contribution < 1.29 is 24.2 Å². The zero-order valence-corrected chi connectivity index (χ0v) is 18.0. The van der Waals surface area contributed by atoms with E-state index >= 15 is 0 Å². The van der Waals surface area contributed by atoms with Crippen molar-refractivity contribution in [2.24, 2.45) is 5.10 Å². The van der Waals surface area contributed by atoms with E-state index in [4.69, 9.17) is 4.74 Å². The lowest BCUT2D eigenvalue weighted by Gasteiger charge is -2.07. The monoisotopic (exact) mass is 466 g/mol. The van der Waals surface area contributed by atoms with Crippen LogP contribution in [-0.2, 0) is 11.3 Å². The fourth-order valence-electron chi connectivity index (χ4n) is 3.01. The summed E-state index contributed by atoms with van der Waals surface area (Å²) < 4.78 is 6.56. The first-order valence-electron chi connectivity index (χ1n) is 9.73. The van der Waals surface area contributed by atoms with Gasteiger partial charge >= 0.3 is 11.7 Å². The van der Waals surface area contributed by atoms with Gasteiger partial charge in [0.15, 0.2) is 0 Å². The molecule has 0 aliphatic rings. The van der Waals surface area contributed by atoms with Gasteiger partial charge in [0.1, 0.15) is 23.7 Å². The lowest BCUT2D eigenvalue weighted by atomic mass is 10.2. The van der Waals surface area contributed by atoms with E-state index < -0.39 is 21.7 Å². The summed E-state index contributed by atoms with van der Waals surface area (Å²) in [4.78, 5) is 45.2. The molecular weight excluding hydrogens is 448 g/mol. The molecule has 2 aromatic carbocycles. The quantitative estimate of drug-likeness (QED) is 0.173. The van der Waals surface area contributed by atoms with E-state index in [-0.39, 0.29) is 40.6 Å². The van der Waals surface area contributed by atoms with Gasteiger partial charge in [0.05, 0.1) is 21.6 Å². The van der Waals surface area contributed by atoms with Crippen molar-refractivity contribution in [1.29, 1.82) is 0 Å². The number of aromatic nitrogens is 2. The normalized spacial score (nSPS) is 10.8. The number of aryl methyl sites for hydroxylation is 1. The molecule has 0 unspecified atom stereocenters. The molecule has 1 amide bonds. The smallest absolute Gasteiger partial charge is 0.343 e. The number of ether oxygens (including phenoxy) is 1. The van der Waals surface area contributed by atoms with Crippen LogP contribution in [0.25, 0.3) is 0 Å². The number of benzene rings is 2. The molecule has 0 saturated heterocycles. The predicted octanol–water partition coefficient (Wildman–Crippen LogP) is 2.69. The van der Waals surface area contributed by atoms with Crippen molar-refractivity contribution in [1.82, 2.24) is 15.2 Å². The highest BCUT2D eigenvalue weighted by Crippen LogP contribution is 2.22. The summed E-state index contributed by atoms with van der Waals surface area (Å²) in [5, 5.41) is 29.7. The number of nitrogens with one attached hydrogen (secondary N) is 1. The Morgan fingerprint density at radius 2 is 1.76 bits per heavy atom. The Hall–Kier alpha value is -4.94. The van der Waals surface area contributed by atoms with E-state index in [1.807, 2.05) is 0 Å². The van der Waals surface area contributed by atoms with Crippen LogP contribution in [0.3, 0.4) is 0 Å². The van der Waals surface area contributed by atoms with Crippen molar-refractivity contribution in [3.63, 3.8) is 0 Å². The molecule has 0 atom stereocenters. The van der Waals surface area contributed by atoms with Gasteiger partial charge in [-0.25, -0.2) is 10.2 Å². The molecule has 1 aromatic heterocycles. The highest BCUT2D eigenvalue weighted by atomic mass is 16.6. The summed E-state index contributed by atoms with van der Waals surface area (Å²) >= 11 is 0. The van der Waals surface area contributed by atoms with Crippen LogP contribution in [0.15, 0.2) is 53.6 Å². The third-order valence-corrected chi connectivity index (χ3v) is 4.65. The Labute approximate surface area is 192 Å². The molecule has 13 nitrogen and oxygen atoms in total. The maximum atomic E-state index is 12.4. The Morgan fingerprint density at radius 1 is 1.09 bits per heavy atom. The van der Waals surface area contributed by atoms with Crippen LogP contribution in [0.2, 0.25) is 0 Å². The number of carbonyl (C=O) groups excluding carboxylic acids is 2. The fourth-order valence-corrected chi connectivity index (χ4v) is 3.01. The minimum atomic E-state index is -0.731. The van der Waals surface area contributed by atoms with Crippen molar-refractivity contribution >= 4 is 29.5 Å². The molecular formula is C21H18N6O7. The number of hydrogen-bond acceptors (Lipinski definition) is 9. The van der Waals surface area contributed by atoms with Crippen molar-refractivity contribution in [2.75, 3.05) is 0 Å². The summed E-state index contributed by atoms with van der Waals surface area (Å²) in [5.41, 5.74) is 2.91. The van der Waals surface area contributed by atoms with Gasteiger partial charge in [0.2, 0.25) is 0 Å². The molecule has 3 aromatic rings. The zero-order chi connectivity index (χ0) is 24.8. The molecule has 0 bridgehead atoms. The molecule has 1 N–H and O–H groups in total. The number of amides is 1. The standard InChI is InChI=1S/C21H18N6O7/c1-13-20(27(32)33)14(2)25(24-13)12-19(28)23-22-11-16-5-3-4-6-18(16)34-21(29)15-7-9-17(10-8-15)26(30)31/h3-11H,12H2,1-2H3,(H,23,28). The van der Waals surface area contributed by atoms with Crippen LogP contribution in [-0.4, -0.2) is 37.7 Å². The second kappa shape index (κ2) is 10.1. The number of non-ortho nitro benzene ring substituents is 1. The number of nitrogens with zero attached hydrogens (tertiary/aromatic N) is 5. The van der Waals surface area contributed by atoms with Gasteiger partial charge in [-0.1, -0.05) is 12.1 Å². The molecule has 0 aliphatic heterocycles. The van der Waals surface area contributed by atoms with Crippen molar-refractivity contribution in [3.8, 4) is 5.75 Å². The highest BCUT2D eigenvalue weighted by Gasteiger charge is 2.22. The van der Waals surface area contributed by atoms with Gasteiger partial charge in [0.25, 0.3) is 11.6 Å². The van der Waals surface area contributed by atoms with E-state index in [2.05, 4.69) is 15.6 Å². The van der Waals surface area contributed by atoms with E-state index in [1.54, 1.807) is 18.2 Å². The third kappa shape index (κ3) is 5.45. The lowest BCUT2D eigenvalue weighted by Crippen LogP contribution is -2.24. The second-order valence-corrected chi connectivity index (χ2v) is 6.96. The molecule has 0 aliphatic carbocycles. The largest absolute Gasteiger partial charge is 0.422 e. The van der Waals surface area contributed by atoms with E-state index in [0.29, 0.717) is 5.56 Å². The number of nitro groups is 2. The molecule has 0 spiro atoms. The van der Waals surface area contributed by atoms with Gasteiger partial charge in [0, 0.05) is 17.7 Å². The number of para-hydroxylation sites is 1. The Bertz CT molecular complexity index is 1300. The summed E-state index contributed by atoms with van der Waals surface area (Å²) in [6.45, 7) is 2.69. The molecule has 0 fully saturated rings. The van der Waals surface area contributed by atoms with Gasteiger partial charge in [-0.3, -0.25) is 29.7 Å². The van der Waals surface area contributed by atoms with Crippen LogP contribution in [0.4, 0.5) is 11.4 Å². The fraction of sp³-hybridized carbons (Fsp3) is 0.143. The van der Waals surface area contributed by atoms with Gasteiger partial charge in [-0.15, -0.1) is 0 Å². The first-order chi connectivity index (χ1) is 16.2. The van der Waals surface area contributed by atoms with E-state index in [1.165, 1.54) is 55.1 Å². The molecule has 34 heavy (non-hydrogen) atoms. The van der Waals surface area contributed by atoms with Crippen LogP contribution in [0.1, 0.15) is 27.3 Å². The van der Waals surface area contributed by atoms with Gasteiger partial charge < -0.3 is 4.74 Å². The summed E-state index contributed by atoms with van der Waals surface area (Å²) in [5.74, 6) is -1.15. The zero-order valence-electron chi connectivity index (χ0n) is 18.0. The van der Waals surface area contributed by atoms with E-state index in [9.17, 15) is 29.8 Å². The van der Waals surface area contributed by atoms with Crippen molar-refractivity contribution in [2.45, 2.75) is 20.4 Å². The van der Waals surface area contributed by atoms with Gasteiger partial charge in [-0.2, -0.15) is 10.2 Å². The molecule has 0 saturated carbocycles. The molecule has 174 valence electrons. The Balaban J connectivity index is 1.65. The van der Waals surface area contributed by atoms with Crippen LogP contribution < -0.4 is 10.2 Å². The number of rotatable bonds is 8. The molecule has 0 radical (unpaired) electrons. The number of hydrogen-bond donors (Lipinski definition) is 1. The summed E-state index contributed by atoms with van der Waals surface area (Å²) in [6.07, 6.45) is 1.26. The second-order valence-electron chi connectivity index (χ2n) is 6.96. The Kier molecular flexibility index (Phi) is 7.06. The van der Waals surface area contributed by atoms with Crippen LogP contribution >= 0.6 is 0 Å². The number of esters is 1. The maximum absolute atomic E-state index is 12.4. The average Bonchev–Trinajstić information content (AvgIpc) is 3.07. The molecule has 13 heteroatoms. The topological polar surface area (TPSA) is 172 Å². The predicted molar refractivity (Wildman–Crippen MR) is 119 cm³/mol. The highest BCUT2D eigenvalue weighted by molar-refractivity contribution is 5.93. The number of hydrazone groups is 1. The summed E-state index contributed by atoms with van der Waals surface area (Å²) in [6, 6.07) is 11.3. The molecule has 3 rings (SSSR count). The Morgan fingerprint density at radius 3 is 2.38 bits per heavy atom. The van der Waals surface area contributed by atoms with Gasteiger partial charge in [-0.05, 0) is 38.1 Å². The number of carbonyl (C=O) groups is 2. The summed E-state index contributed by atoms with van der Waals surface area (Å²) in [7, 11) is 0. The lowest BCUT2D eigenvalue weighted by molar-refractivity contribution is -0.386. The average molecular weight is 466 g/mol. The van der Waals surface area contributed by atoms with Crippen LogP contribution in [0, 0.1) is 34.1 Å². The number of nitro benzene ring substituents is 1. The SMILES string of the molecule is Cc1nn(CC(=O)NN=Cc2ccccc2OC(=O)c2ccc([N+](=O)[O-])cc2)c(C)c1[N+](=O)[O-]. The maximum Gasteiger partial charge on any atom is 0.343 e. The van der Waals surface area contributed by atoms with Crippen molar-refractivity contribution in [3.05, 3.63) is 91.3 Å². The first kappa shape index (κ1) is 23.7. The third-order valence-electron chi connectivity index (χ3n) is 4.65. The molecule has 1 heterocycles. The minimum Gasteiger partial charge on any atom is -0.422 e. The van der Waals surface area contributed by atoms with Crippen LogP contribution in [0.5, 0.6) is 5.75 Å². The minimum absolute atomic E-state index is 0.115. The first-order valence-corrected chi connectivity index (χ1v) is 9.73.